The molecule has 2 rings (SSSR count). The summed E-state index contributed by atoms with van der Waals surface area (Å²) in [7, 11) is 0. The van der Waals surface area contributed by atoms with Gasteiger partial charge in [0, 0.05) is 36.5 Å². The third-order valence-electron chi connectivity index (χ3n) is 4.70. The number of aromatic carboxylic acids is 1. The van der Waals surface area contributed by atoms with E-state index in [9.17, 15) is 29.6 Å². The van der Waals surface area contributed by atoms with Crippen molar-refractivity contribution in [1.82, 2.24) is 10.2 Å². The number of carboxylic acid groups (broad SMARTS) is 1. The highest BCUT2D eigenvalue weighted by Crippen LogP contribution is 2.20. The lowest BCUT2D eigenvalue weighted by atomic mass is 10.1. The Kier molecular flexibility index (Phi) is 8.21. The normalized spacial score (nSPS) is 10.5. The molecule has 10 heteroatoms. The zero-order valence-electron chi connectivity index (χ0n) is 17.3. The number of nitro benzene ring substituents is 1. The van der Waals surface area contributed by atoms with Crippen molar-refractivity contribution < 1.29 is 24.4 Å². The van der Waals surface area contributed by atoms with E-state index in [4.69, 9.17) is 0 Å². The second-order valence-corrected chi connectivity index (χ2v) is 6.61. The van der Waals surface area contributed by atoms with Crippen molar-refractivity contribution in [2.24, 2.45) is 0 Å². The summed E-state index contributed by atoms with van der Waals surface area (Å²) in [4.78, 5) is 48.4. The molecule has 0 aliphatic carbocycles. The maximum Gasteiger partial charge on any atom is 0.336 e. The summed E-state index contributed by atoms with van der Waals surface area (Å²) in [6, 6.07) is 9.10. The van der Waals surface area contributed by atoms with Crippen LogP contribution >= 0.6 is 0 Å². The maximum atomic E-state index is 12.5. The highest BCUT2D eigenvalue weighted by molar-refractivity contribution is 6.11. The first-order valence-corrected chi connectivity index (χ1v) is 9.70. The molecule has 0 bridgehead atoms. The first kappa shape index (κ1) is 23.5. The van der Waals surface area contributed by atoms with E-state index in [1.807, 2.05) is 0 Å². The number of rotatable bonds is 10. The third-order valence-corrected chi connectivity index (χ3v) is 4.70. The van der Waals surface area contributed by atoms with Gasteiger partial charge in [0.05, 0.1) is 16.1 Å². The molecule has 0 radical (unpaired) electrons. The van der Waals surface area contributed by atoms with E-state index < -0.39 is 28.1 Å². The number of non-ortho nitro benzene ring substituents is 1. The largest absolute Gasteiger partial charge is 0.478 e. The fourth-order valence-electron chi connectivity index (χ4n) is 2.89. The summed E-state index contributed by atoms with van der Waals surface area (Å²) in [6.07, 6.45) is 0. The van der Waals surface area contributed by atoms with Gasteiger partial charge in [-0.2, -0.15) is 0 Å². The molecule has 2 aromatic carbocycles. The molecule has 0 spiro atoms. The van der Waals surface area contributed by atoms with Crippen molar-refractivity contribution in [3.63, 3.8) is 0 Å². The molecule has 2 amide bonds. The Labute approximate surface area is 179 Å². The molecule has 164 valence electrons. The molecule has 3 N–H and O–H groups in total. The number of anilines is 1. The minimum absolute atomic E-state index is 0.212. The van der Waals surface area contributed by atoms with E-state index in [1.165, 1.54) is 24.3 Å². The maximum absolute atomic E-state index is 12.5. The summed E-state index contributed by atoms with van der Waals surface area (Å²) in [5.74, 6) is -2.43. The lowest BCUT2D eigenvalue weighted by Crippen LogP contribution is -2.34. The number of nitro groups is 1. The number of hydrogen-bond donors (Lipinski definition) is 3. The molecule has 0 unspecified atom stereocenters. The molecule has 0 aliphatic heterocycles. The van der Waals surface area contributed by atoms with Gasteiger partial charge in [-0.1, -0.05) is 13.8 Å². The summed E-state index contributed by atoms with van der Waals surface area (Å²) in [6.45, 7) is 7.16. The van der Waals surface area contributed by atoms with E-state index in [1.54, 1.807) is 0 Å². The van der Waals surface area contributed by atoms with E-state index in [0.29, 0.717) is 17.8 Å². The van der Waals surface area contributed by atoms with Gasteiger partial charge in [0.25, 0.3) is 17.5 Å². The molecular formula is C21H24N4O6. The second-order valence-electron chi connectivity index (χ2n) is 6.61. The predicted molar refractivity (Wildman–Crippen MR) is 115 cm³/mol. The van der Waals surface area contributed by atoms with Crippen molar-refractivity contribution >= 4 is 29.2 Å². The van der Waals surface area contributed by atoms with Crippen LogP contribution in [0.5, 0.6) is 0 Å². The summed E-state index contributed by atoms with van der Waals surface area (Å²) < 4.78 is 0. The van der Waals surface area contributed by atoms with Gasteiger partial charge >= 0.3 is 5.97 Å². The van der Waals surface area contributed by atoms with Crippen LogP contribution in [0.3, 0.4) is 0 Å². The van der Waals surface area contributed by atoms with E-state index in [-0.39, 0.29) is 11.5 Å². The summed E-state index contributed by atoms with van der Waals surface area (Å²) in [5.41, 5.74) is -0.351. The first-order valence-electron chi connectivity index (χ1n) is 9.70. The van der Waals surface area contributed by atoms with Crippen LogP contribution in [0, 0.1) is 10.1 Å². The molecule has 0 aliphatic rings. The minimum atomic E-state index is -1.45. The third kappa shape index (κ3) is 6.34. The van der Waals surface area contributed by atoms with Crippen molar-refractivity contribution in [2.45, 2.75) is 13.8 Å². The Bertz CT molecular complexity index is 970. The SMILES string of the molecule is CCN(CC)CCNC(=O)c1ccc(NC(=O)c2ccc([N+](=O)[O-])cc2C(=O)O)cc1. The lowest BCUT2D eigenvalue weighted by molar-refractivity contribution is -0.384. The molecule has 2 aromatic rings. The van der Waals surface area contributed by atoms with Crippen molar-refractivity contribution in [3.05, 3.63) is 69.3 Å². The number of likely N-dealkylation sites (N-methyl/N-ethyl adjacent to an activating group) is 1. The average Bonchev–Trinajstić information content (AvgIpc) is 2.76. The topological polar surface area (TPSA) is 142 Å². The molecule has 0 fully saturated rings. The molecular weight excluding hydrogens is 404 g/mol. The van der Waals surface area contributed by atoms with Crippen molar-refractivity contribution in [3.8, 4) is 0 Å². The second kappa shape index (κ2) is 10.8. The monoisotopic (exact) mass is 428 g/mol. The molecule has 0 saturated heterocycles. The van der Waals surface area contributed by atoms with Crippen LogP contribution in [0.1, 0.15) is 44.9 Å². The molecule has 10 nitrogen and oxygen atoms in total. The fourth-order valence-corrected chi connectivity index (χ4v) is 2.89. The van der Waals surface area contributed by atoms with Gasteiger partial charge in [-0.15, -0.1) is 0 Å². The Morgan fingerprint density at radius 2 is 1.65 bits per heavy atom. The van der Waals surface area contributed by atoms with Gasteiger partial charge in [0.2, 0.25) is 0 Å². The molecule has 0 heterocycles. The van der Waals surface area contributed by atoms with Crippen LogP contribution in [0.2, 0.25) is 0 Å². The number of hydrogen-bond acceptors (Lipinski definition) is 6. The standard InChI is InChI=1S/C21H24N4O6/c1-3-24(4-2)12-11-22-19(26)14-5-7-15(8-6-14)23-20(27)17-10-9-16(25(30)31)13-18(17)21(28)29/h5-10,13H,3-4,11-12H2,1-2H3,(H,22,26)(H,23,27)(H,28,29). The zero-order valence-corrected chi connectivity index (χ0v) is 17.3. The number of carboxylic acids is 1. The van der Waals surface area contributed by atoms with Gasteiger partial charge < -0.3 is 20.6 Å². The number of benzene rings is 2. The first-order chi connectivity index (χ1) is 14.8. The van der Waals surface area contributed by atoms with Crippen molar-refractivity contribution in [2.75, 3.05) is 31.5 Å². The Morgan fingerprint density at radius 3 is 2.19 bits per heavy atom. The molecule has 31 heavy (non-hydrogen) atoms. The Hall–Kier alpha value is -3.79. The summed E-state index contributed by atoms with van der Waals surface area (Å²) >= 11 is 0. The van der Waals surface area contributed by atoms with E-state index in [0.717, 1.165) is 37.8 Å². The van der Waals surface area contributed by atoms with Gasteiger partial charge in [-0.05, 0) is 43.4 Å². The molecule has 0 atom stereocenters. The number of amides is 2. The quantitative estimate of drug-likeness (QED) is 0.390. The Morgan fingerprint density at radius 1 is 1.00 bits per heavy atom. The van der Waals surface area contributed by atoms with Crippen molar-refractivity contribution in [1.29, 1.82) is 0 Å². The predicted octanol–water partition coefficient (Wildman–Crippen LogP) is 2.62. The fraction of sp³-hybridized carbons (Fsp3) is 0.286. The van der Waals surface area contributed by atoms with Crippen LogP contribution in [-0.2, 0) is 0 Å². The van der Waals surface area contributed by atoms with Crippen LogP contribution in [0.4, 0.5) is 11.4 Å². The lowest BCUT2D eigenvalue weighted by Gasteiger charge is -2.18. The van der Waals surface area contributed by atoms with Crippen LogP contribution in [0.15, 0.2) is 42.5 Å². The smallest absolute Gasteiger partial charge is 0.336 e. The van der Waals surface area contributed by atoms with Gasteiger partial charge in [0.15, 0.2) is 0 Å². The van der Waals surface area contributed by atoms with Crippen LogP contribution < -0.4 is 10.6 Å². The number of carbonyl (C=O) groups is 3. The number of carbonyl (C=O) groups excluding carboxylic acids is 2. The van der Waals surface area contributed by atoms with Gasteiger partial charge in [-0.25, -0.2) is 4.79 Å². The van der Waals surface area contributed by atoms with E-state index >= 15 is 0 Å². The van der Waals surface area contributed by atoms with Crippen LogP contribution in [-0.4, -0.2) is 58.9 Å². The highest BCUT2D eigenvalue weighted by Gasteiger charge is 2.20. The summed E-state index contributed by atoms with van der Waals surface area (Å²) in [5, 5.41) is 25.5. The van der Waals surface area contributed by atoms with Crippen LogP contribution in [0.25, 0.3) is 0 Å². The zero-order chi connectivity index (χ0) is 23.0. The van der Waals surface area contributed by atoms with Gasteiger partial charge in [-0.3, -0.25) is 19.7 Å². The minimum Gasteiger partial charge on any atom is -0.478 e. The number of nitrogens with one attached hydrogen (secondary N) is 2. The average molecular weight is 428 g/mol. The molecule has 0 saturated carbocycles. The van der Waals surface area contributed by atoms with Gasteiger partial charge in [0.1, 0.15) is 0 Å². The highest BCUT2D eigenvalue weighted by atomic mass is 16.6. The van der Waals surface area contributed by atoms with E-state index in [2.05, 4.69) is 29.4 Å². The number of nitrogens with zero attached hydrogens (tertiary/aromatic N) is 2. The Balaban J connectivity index is 2.04. The molecule has 0 aromatic heterocycles.